The van der Waals surface area contributed by atoms with Crippen molar-refractivity contribution in [3.63, 3.8) is 0 Å². The van der Waals surface area contributed by atoms with Crippen LogP contribution in [0.25, 0.3) is 0 Å². The summed E-state index contributed by atoms with van der Waals surface area (Å²) in [5, 5.41) is 2.97. The maximum atomic E-state index is 12.8. The van der Waals surface area contributed by atoms with Gasteiger partial charge in [0, 0.05) is 37.6 Å². The summed E-state index contributed by atoms with van der Waals surface area (Å²) in [4.78, 5) is 16.8. The Morgan fingerprint density at radius 1 is 1.06 bits per heavy atom. The van der Waals surface area contributed by atoms with Crippen molar-refractivity contribution in [3.05, 3.63) is 88.7 Å². The topological polar surface area (TPSA) is 88.6 Å². The first-order chi connectivity index (χ1) is 15.8. The van der Waals surface area contributed by atoms with Gasteiger partial charge in [-0.25, -0.2) is 8.42 Å². The van der Waals surface area contributed by atoms with Gasteiger partial charge in [0.15, 0.2) is 0 Å². The molecule has 3 rings (SSSR count). The van der Waals surface area contributed by atoms with E-state index in [1.807, 2.05) is 36.4 Å². The third-order valence-corrected chi connectivity index (χ3v) is 7.41. The van der Waals surface area contributed by atoms with Crippen molar-refractivity contribution in [2.75, 3.05) is 13.1 Å². The second kappa shape index (κ2) is 11.3. The second-order valence-electron chi connectivity index (χ2n) is 7.21. The van der Waals surface area contributed by atoms with Gasteiger partial charge in [-0.15, -0.1) is 0 Å². The van der Waals surface area contributed by atoms with Crippen LogP contribution in [-0.2, 0) is 23.2 Å². The normalized spacial score (nSPS) is 11.4. The van der Waals surface area contributed by atoms with Gasteiger partial charge in [-0.2, -0.15) is 4.31 Å². The minimum atomic E-state index is -3.69. The fraction of sp³-hybridized carbons (Fsp3) is 0.250. The molecular weight excluding hydrogens is 462 g/mol. The van der Waals surface area contributed by atoms with Crippen molar-refractivity contribution in [3.8, 4) is 5.75 Å². The highest BCUT2D eigenvalue weighted by atomic mass is 35.5. The summed E-state index contributed by atoms with van der Waals surface area (Å²) >= 11 is 6.19. The molecule has 0 aliphatic rings. The molecule has 1 amide bonds. The van der Waals surface area contributed by atoms with E-state index in [9.17, 15) is 13.2 Å². The predicted octanol–water partition coefficient (Wildman–Crippen LogP) is 4.27. The van der Waals surface area contributed by atoms with E-state index in [4.69, 9.17) is 16.3 Å². The summed E-state index contributed by atoms with van der Waals surface area (Å²) in [5.74, 6) is 0.250. The Balaban J connectivity index is 1.63. The van der Waals surface area contributed by atoms with Gasteiger partial charge in [-0.1, -0.05) is 43.6 Å². The maximum Gasteiger partial charge on any atom is 0.253 e. The molecule has 0 aliphatic heterocycles. The lowest BCUT2D eigenvalue weighted by molar-refractivity contribution is 0.0951. The number of pyridine rings is 1. The zero-order valence-electron chi connectivity index (χ0n) is 18.5. The van der Waals surface area contributed by atoms with E-state index in [-0.39, 0.29) is 22.0 Å². The van der Waals surface area contributed by atoms with Crippen LogP contribution in [0.15, 0.2) is 71.9 Å². The van der Waals surface area contributed by atoms with Gasteiger partial charge in [-0.05, 0) is 42.0 Å². The Morgan fingerprint density at radius 3 is 2.42 bits per heavy atom. The molecule has 0 atom stereocenters. The lowest BCUT2D eigenvalue weighted by atomic mass is 10.2. The Hall–Kier alpha value is -2.94. The highest BCUT2D eigenvalue weighted by Gasteiger charge is 2.23. The number of nitrogens with one attached hydrogen (secondary N) is 1. The minimum Gasteiger partial charge on any atom is -0.489 e. The van der Waals surface area contributed by atoms with Crippen molar-refractivity contribution in [2.24, 2.45) is 0 Å². The molecule has 9 heteroatoms. The van der Waals surface area contributed by atoms with Crippen LogP contribution in [0.4, 0.5) is 0 Å². The quantitative estimate of drug-likeness (QED) is 0.461. The number of sulfonamides is 1. The van der Waals surface area contributed by atoms with Crippen molar-refractivity contribution in [2.45, 2.75) is 31.9 Å². The number of amides is 1. The highest BCUT2D eigenvalue weighted by molar-refractivity contribution is 7.89. The molecule has 1 aromatic heterocycles. The number of aromatic nitrogens is 1. The van der Waals surface area contributed by atoms with Crippen LogP contribution < -0.4 is 10.1 Å². The Labute approximate surface area is 199 Å². The first-order valence-electron chi connectivity index (χ1n) is 10.5. The maximum absolute atomic E-state index is 12.8. The number of benzene rings is 2. The van der Waals surface area contributed by atoms with E-state index in [1.165, 1.54) is 22.5 Å². The van der Waals surface area contributed by atoms with Gasteiger partial charge in [-0.3, -0.25) is 9.78 Å². The molecule has 0 radical (unpaired) electrons. The van der Waals surface area contributed by atoms with Crippen LogP contribution in [0.3, 0.4) is 0 Å². The van der Waals surface area contributed by atoms with Gasteiger partial charge in [0.05, 0.1) is 15.5 Å². The SMILES string of the molecule is CCN(CC)S(=O)(=O)c1ccc(Cl)c(C(=O)NCc2ccc(OCc3cccnc3)cc2)c1. The molecule has 0 saturated heterocycles. The van der Waals surface area contributed by atoms with Crippen molar-refractivity contribution in [1.82, 2.24) is 14.6 Å². The number of carbonyl (C=O) groups is 1. The van der Waals surface area contributed by atoms with Crippen LogP contribution in [0.5, 0.6) is 5.75 Å². The Bertz CT molecular complexity index is 1180. The number of ether oxygens (including phenoxy) is 1. The van der Waals surface area contributed by atoms with Crippen LogP contribution >= 0.6 is 11.6 Å². The number of halogens is 1. The number of nitrogens with zero attached hydrogens (tertiary/aromatic N) is 2. The van der Waals surface area contributed by atoms with E-state index in [1.54, 1.807) is 26.2 Å². The summed E-state index contributed by atoms with van der Waals surface area (Å²) in [5.41, 5.74) is 1.94. The summed E-state index contributed by atoms with van der Waals surface area (Å²) in [6.45, 7) is 4.87. The lowest BCUT2D eigenvalue weighted by Gasteiger charge is -2.19. The van der Waals surface area contributed by atoms with Crippen molar-refractivity contribution in [1.29, 1.82) is 0 Å². The fourth-order valence-electron chi connectivity index (χ4n) is 3.18. The third kappa shape index (κ3) is 6.31. The third-order valence-electron chi connectivity index (χ3n) is 5.03. The lowest BCUT2D eigenvalue weighted by Crippen LogP contribution is -2.31. The van der Waals surface area contributed by atoms with Gasteiger partial charge in [0.2, 0.25) is 10.0 Å². The molecule has 33 heavy (non-hydrogen) atoms. The van der Waals surface area contributed by atoms with Crippen LogP contribution in [0, 0.1) is 0 Å². The Kier molecular flexibility index (Phi) is 8.43. The molecule has 3 aromatic rings. The van der Waals surface area contributed by atoms with Crippen molar-refractivity contribution < 1.29 is 17.9 Å². The summed E-state index contributed by atoms with van der Waals surface area (Å²) in [7, 11) is -3.69. The smallest absolute Gasteiger partial charge is 0.253 e. The van der Waals surface area contributed by atoms with Gasteiger partial charge in [0.25, 0.3) is 5.91 Å². The molecule has 0 fully saturated rings. The second-order valence-corrected chi connectivity index (χ2v) is 9.55. The Morgan fingerprint density at radius 2 is 1.79 bits per heavy atom. The molecule has 0 aliphatic carbocycles. The molecule has 1 heterocycles. The molecule has 7 nitrogen and oxygen atoms in total. The van der Waals surface area contributed by atoms with Crippen LogP contribution in [-0.4, -0.2) is 36.7 Å². The standard InChI is InChI=1S/C24H26ClN3O4S/c1-3-28(4-2)33(30,31)21-11-12-23(25)22(14-21)24(29)27-16-18-7-9-20(10-8-18)32-17-19-6-5-13-26-15-19/h5-15H,3-4,16-17H2,1-2H3,(H,27,29). The molecule has 0 bridgehead atoms. The monoisotopic (exact) mass is 487 g/mol. The number of hydrogen-bond acceptors (Lipinski definition) is 5. The fourth-order valence-corrected chi connectivity index (χ4v) is 4.87. The first-order valence-corrected chi connectivity index (χ1v) is 12.4. The average molecular weight is 488 g/mol. The number of hydrogen-bond donors (Lipinski definition) is 1. The van der Waals surface area contributed by atoms with E-state index in [0.717, 1.165) is 11.1 Å². The van der Waals surface area contributed by atoms with Crippen LogP contribution in [0.1, 0.15) is 35.3 Å². The van der Waals surface area contributed by atoms with Gasteiger partial charge in [0.1, 0.15) is 12.4 Å². The molecule has 174 valence electrons. The number of rotatable bonds is 10. The van der Waals surface area contributed by atoms with Crippen molar-refractivity contribution >= 4 is 27.5 Å². The number of carbonyl (C=O) groups excluding carboxylic acids is 1. The van der Waals surface area contributed by atoms with Crippen LogP contribution in [0.2, 0.25) is 5.02 Å². The minimum absolute atomic E-state index is 0.0378. The van der Waals surface area contributed by atoms with E-state index < -0.39 is 15.9 Å². The largest absolute Gasteiger partial charge is 0.489 e. The molecule has 0 spiro atoms. The molecule has 0 unspecified atom stereocenters. The van der Waals surface area contributed by atoms with Gasteiger partial charge < -0.3 is 10.1 Å². The van der Waals surface area contributed by atoms with E-state index in [2.05, 4.69) is 10.3 Å². The van der Waals surface area contributed by atoms with Gasteiger partial charge >= 0.3 is 0 Å². The highest BCUT2D eigenvalue weighted by Crippen LogP contribution is 2.23. The molecule has 2 aromatic carbocycles. The molecule has 1 N–H and O–H groups in total. The summed E-state index contributed by atoms with van der Waals surface area (Å²) < 4.78 is 32.6. The summed E-state index contributed by atoms with van der Waals surface area (Å²) in [6.07, 6.45) is 3.46. The predicted molar refractivity (Wildman–Crippen MR) is 128 cm³/mol. The molecular formula is C24H26ClN3O4S. The first kappa shape index (κ1) is 24.7. The zero-order valence-corrected chi connectivity index (χ0v) is 20.1. The van der Waals surface area contributed by atoms with E-state index >= 15 is 0 Å². The zero-order chi connectivity index (χ0) is 23.8. The van der Waals surface area contributed by atoms with E-state index in [0.29, 0.717) is 25.4 Å². The average Bonchev–Trinajstić information content (AvgIpc) is 2.83. The summed E-state index contributed by atoms with van der Waals surface area (Å²) in [6, 6.07) is 15.3. The molecule has 0 saturated carbocycles.